The van der Waals surface area contributed by atoms with E-state index in [9.17, 15) is 14.0 Å². The molecule has 3 fully saturated rings. The number of likely N-dealkylation sites (tertiary alicyclic amines) is 2. The van der Waals surface area contributed by atoms with Crippen LogP contribution in [0.5, 0.6) is 0 Å². The van der Waals surface area contributed by atoms with E-state index in [1.165, 1.54) is 25.0 Å². The van der Waals surface area contributed by atoms with Crippen molar-refractivity contribution < 1.29 is 14.0 Å². The number of hydrogen-bond acceptors (Lipinski definition) is 2. The maximum absolute atomic E-state index is 13.7. The molecule has 3 aliphatic rings. The number of hydrogen-bond donors (Lipinski definition) is 0. The second-order valence-corrected chi connectivity index (χ2v) is 8.09. The highest BCUT2D eigenvalue weighted by Gasteiger charge is 2.50. The van der Waals surface area contributed by atoms with Gasteiger partial charge in [0, 0.05) is 31.7 Å². The Balaban J connectivity index is 1.48. The Kier molecular flexibility index (Phi) is 4.22. The molecule has 4 rings (SSSR count). The van der Waals surface area contributed by atoms with Crippen molar-refractivity contribution >= 4 is 23.4 Å². The first-order valence-electron chi connectivity index (χ1n) is 9.02. The van der Waals surface area contributed by atoms with E-state index in [4.69, 9.17) is 11.6 Å². The lowest BCUT2D eigenvalue weighted by Gasteiger charge is -2.39. The minimum atomic E-state index is -0.592. The van der Waals surface area contributed by atoms with Gasteiger partial charge in [-0.2, -0.15) is 0 Å². The van der Waals surface area contributed by atoms with Gasteiger partial charge in [0.2, 0.25) is 5.91 Å². The number of nitrogens with zero attached hydrogens (tertiary/aromatic N) is 2. The topological polar surface area (TPSA) is 40.6 Å². The molecular weight excluding hydrogens is 343 g/mol. The summed E-state index contributed by atoms with van der Waals surface area (Å²) in [7, 11) is 0. The van der Waals surface area contributed by atoms with Crippen molar-refractivity contribution in [1.29, 1.82) is 0 Å². The first kappa shape index (κ1) is 16.8. The van der Waals surface area contributed by atoms with E-state index < -0.39 is 11.2 Å². The molecular formula is C19H22ClFN2O2. The number of carbonyl (C=O) groups is 2. The monoisotopic (exact) mass is 364 g/mol. The van der Waals surface area contributed by atoms with E-state index in [-0.39, 0.29) is 22.4 Å². The molecule has 1 atom stereocenters. The zero-order valence-electron chi connectivity index (χ0n) is 14.1. The predicted molar refractivity (Wildman–Crippen MR) is 92.9 cm³/mol. The highest BCUT2D eigenvalue weighted by Crippen LogP contribution is 2.42. The van der Waals surface area contributed by atoms with Gasteiger partial charge in [0.15, 0.2) is 0 Å². The van der Waals surface area contributed by atoms with Crippen molar-refractivity contribution in [3.05, 3.63) is 34.6 Å². The Bertz CT molecular complexity index is 721. The first-order valence-corrected chi connectivity index (χ1v) is 9.40. The minimum absolute atomic E-state index is 0.00705. The van der Waals surface area contributed by atoms with Crippen molar-refractivity contribution in [1.82, 2.24) is 9.80 Å². The maximum atomic E-state index is 13.7. The SMILES string of the molecule is O=C(c1ccc(Cl)c(F)c1)N1CC[C@]2(CCCN(CC3CC3)C2=O)C1. The molecule has 0 unspecified atom stereocenters. The van der Waals surface area contributed by atoms with Crippen LogP contribution in [-0.2, 0) is 4.79 Å². The summed E-state index contributed by atoms with van der Waals surface area (Å²) in [5.74, 6) is 0.0730. The smallest absolute Gasteiger partial charge is 0.253 e. The number of benzene rings is 1. The maximum Gasteiger partial charge on any atom is 0.253 e. The van der Waals surface area contributed by atoms with Crippen LogP contribution in [0.3, 0.4) is 0 Å². The molecule has 134 valence electrons. The second kappa shape index (κ2) is 6.27. The highest BCUT2D eigenvalue weighted by molar-refractivity contribution is 6.30. The van der Waals surface area contributed by atoms with Crippen LogP contribution in [0, 0.1) is 17.2 Å². The first-order chi connectivity index (χ1) is 12.0. The van der Waals surface area contributed by atoms with Gasteiger partial charge in [0.1, 0.15) is 5.82 Å². The van der Waals surface area contributed by atoms with Crippen molar-refractivity contribution in [2.24, 2.45) is 11.3 Å². The quantitative estimate of drug-likeness (QED) is 0.825. The summed E-state index contributed by atoms with van der Waals surface area (Å²) in [5, 5.41) is 0.00705. The summed E-state index contributed by atoms with van der Waals surface area (Å²) < 4.78 is 13.7. The van der Waals surface area contributed by atoms with Crippen LogP contribution < -0.4 is 0 Å². The normalized spacial score (nSPS) is 26.6. The third kappa shape index (κ3) is 3.14. The summed E-state index contributed by atoms with van der Waals surface area (Å²) in [5.41, 5.74) is -0.148. The predicted octanol–water partition coefficient (Wildman–Crippen LogP) is 3.34. The van der Waals surface area contributed by atoms with Crippen LogP contribution >= 0.6 is 11.6 Å². The third-order valence-electron chi connectivity index (χ3n) is 5.81. The van der Waals surface area contributed by atoms with E-state index >= 15 is 0 Å². The number of rotatable bonds is 3. The average Bonchev–Trinajstić information content (AvgIpc) is 3.32. The Morgan fingerprint density at radius 1 is 1.28 bits per heavy atom. The number of piperidine rings is 1. The fourth-order valence-corrected chi connectivity index (χ4v) is 4.29. The molecule has 1 aliphatic carbocycles. The Labute approximate surface area is 151 Å². The van der Waals surface area contributed by atoms with Crippen LogP contribution in [0.4, 0.5) is 4.39 Å². The van der Waals surface area contributed by atoms with E-state index in [1.54, 1.807) is 11.0 Å². The van der Waals surface area contributed by atoms with Gasteiger partial charge in [-0.25, -0.2) is 4.39 Å². The highest BCUT2D eigenvalue weighted by atomic mass is 35.5. The lowest BCUT2D eigenvalue weighted by molar-refractivity contribution is -0.145. The molecule has 1 spiro atoms. The largest absolute Gasteiger partial charge is 0.342 e. The fraction of sp³-hybridized carbons (Fsp3) is 0.579. The van der Waals surface area contributed by atoms with Crippen molar-refractivity contribution in [3.8, 4) is 0 Å². The van der Waals surface area contributed by atoms with E-state index in [0.717, 1.165) is 25.9 Å². The molecule has 1 saturated carbocycles. The van der Waals surface area contributed by atoms with Gasteiger partial charge in [-0.3, -0.25) is 9.59 Å². The van der Waals surface area contributed by atoms with E-state index in [2.05, 4.69) is 0 Å². The zero-order chi connectivity index (χ0) is 17.6. The summed E-state index contributed by atoms with van der Waals surface area (Å²) in [6.07, 6.45) is 4.99. The number of amides is 2. The second-order valence-electron chi connectivity index (χ2n) is 7.68. The minimum Gasteiger partial charge on any atom is -0.342 e. The molecule has 25 heavy (non-hydrogen) atoms. The van der Waals surface area contributed by atoms with Gasteiger partial charge in [-0.1, -0.05) is 11.6 Å². The average molecular weight is 365 g/mol. The van der Waals surface area contributed by atoms with Gasteiger partial charge in [0.25, 0.3) is 5.91 Å². The lowest BCUT2D eigenvalue weighted by atomic mass is 9.78. The Morgan fingerprint density at radius 2 is 2.08 bits per heavy atom. The zero-order valence-corrected chi connectivity index (χ0v) is 14.9. The fourth-order valence-electron chi connectivity index (χ4n) is 4.17. The number of halogens is 2. The molecule has 1 aromatic carbocycles. The van der Waals surface area contributed by atoms with Crippen molar-refractivity contribution in [3.63, 3.8) is 0 Å². The van der Waals surface area contributed by atoms with E-state index in [0.29, 0.717) is 25.4 Å². The molecule has 4 nitrogen and oxygen atoms in total. The molecule has 6 heteroatoms. The Hall–Kier alpha value is -1.62. The van der Waals surface area contributed by atoms with Crippen LogP contribution in [0.25, 0.3) is 0 Å². The van der Waals surface area contributed by atoms with Gasteiger partial charge < -0.3 is 9.80 Å². The molecule has 0 N–H and O–H groups in total. The van der Waals surface area contributed by atoms with Gasteiger partial charge >= 0.3 is 0 Å². The summed E-state index contributed by atoms with van der Waals surface area (Å²) in [6, 6.07) is 4.12. The summed E-state index contributed by atoms with van der Waals surface area (Å²) in [6.45, 7) is 2.70. The molecule has 1 aromatic rings. The summed E-state index contributed by atoms with van der Waals surface area (Å²) >= 11 is 5.69. The van der Waals surface area contributed by atoms with Crippen LogP contribution in [0.15, 0.2) is 18.2 Å². The molecule has 0 bridgehead atoms. The van der Waals surface area contributed by atoms with Crippen LogP contribution in [0.1, 0.15) is 42.5 Å². The van der Waals surface area contributed by atoms with Gasteiger partial charge in [-0.05, 0) is 56.2 Å². The summed E-state index contributed by atoms with van der Waals surface area (Å²) in [4.78, 5) is 29.4. The van der Waals surface area contributed by atoms with Crippen LogP contribution in [-0.4, -0.2) is 47.8 Å². The van der Waals surface area contributed by atoms with Gasteiger partial charge in [0.05, 0.1) is 10.4 Å². The molecule has 2 aliphatic heterocycles. The van der Waals surface area contributed by atoms with Crippen molar-refractivity contribution in [2.45, 2.75) is 32.1 Å². The molecule has 0 radical (unpaired) electrons. The Morgan fingerprint density at radius 3 is 2.80 bits per heavy atom. The van der Waals surface area contributed by atoms with Crippen LogP contribution in [0.2, 0.25) is 5.02 Å². The molecule has 2 saturated heterocycles. The van der Waals surface area contributed by atoms with Gasteiger partial charge in [-0.15, -0.1) is 0 Å². The third-order valence-corrected chi connectivity index (χ3v) is 6.11. The molecule has 0 aromatic heterocycles. The lowest BCUT2D eigenvalue weighted by Crippen LogP contribution is -2.50. The number of carbonyl (C=O) groups excluding carboxylic acids is 2. The molecule has 2 amide bonds. The molecule has 2 heterocycles. The van der Waals surface area contributed by atoms with Crippen molar-refractivity contribution in [2.75, 3.05) is 26.2 Å². The standard InChI is InChI=1S/C19H22ClFN2O2/c20-15-5-4-14(10-16(15)21)17(24)23-9-7-19(12-23)6-1-8-22(18(19)25)11-13-2-3-13/h4-5,10,13H,1-3,6-9,11-12H2/t19-/m1/s1. The van der Waals surface area contributed by atoms with E-state index in [1.807, 2.05) is 4.90 Å².